The minimum Gasteiger partial charge on any atom is -0.313 e. The number of rotatable bonds is 8. The van der Waals surface area contributed by atoms with Gasteiger partial charge in [0.2, 0.25) is 0 Å². The molecule has 0 aliphatic carbocycles. The van der Waals surface area contributed by atoms with E-state index in [4.69, 9.17) is 0 Å². The normalized spacial score (nSPS) is 12.9. The number of hydrogen-bond acceptors (Lipinski definition) is 2. The lowest BCUT2D eigenvalue weighted by Crippen LogP contribution is -2.28. The number of thioether (sulfide) groups is 1. The quantitative estimate of drug-likeness (QED) is 0.559. The van der Waals surface area contributed by atoms with E-state index in [1.165, 1.54) is 30.3 Å². The highest BCUT2D eigenvalue weighted by Crippen LogP contribution is 2.21. The van der Waals surface area contributed by atoms with Gasteiger partial charge in [0.1, 0.15) is 11.6 Å². The minimum atomic E-state index is -0.526. The number of hydrogen-bond donors (Lipinski definition) is 1. The van der Waals surface area contributed by atoms with Crippen LogP contribution in [-0.4, -0.2) is 18.3 Å². The zero-order chi connectivity index (χ0) is 14.3. The van der Waals surface area contributed by atoms with E-state index in [1.54, 1.807) is 0 Å². The molecular weight excluding hydrogens is 264 g/mol. The van der Waals surface area contributed by atoms with E-state index in [2.05, 4.69) is 26.1 Å². The topological polar surface area (TPSA) is 12.0 Å². The summed E-state index contributed by atoms with van der Waals surface area (Å²) in [4.78, 5) is 0.512. The molecule has 0 aliphatic rings. The molecule has 0 saturated heterocycles. The van der Waals surface area contributed by atoms with Gasteiger partial charge in [0.25, 0.3) is 0 Å². The fraction of sp³-hybridized carbons (Fsp3) is 0.600. The van der Waals surface area contributed by atoms with Gasteiger partial charge >= 0.3 is 0 Å². The maximum Gasteiger partial charge on any atom is 0.139 e. The van der Waals surface area contributed by atoms with Gasteiger partial charge in [-0.1, -0.05) is 13.8 Å². The van der Waals surface area contributed by atoms with Gasteiger partial charge in [-0.2, -0.15) is 0 Å². The molecule has 0 spiro atoms. The second-order valence-corrected chi connectivity index (χ2v) is 6.39. The van der Waals surface area contributed by atoms with Crippen LogP contribution in [0.15, 0.2) is 23.1 Å². The number of nitrogens with one attached hydrogen (secondary N) is 1. The van der Waals surface area contributed by atoms with E-state index in [1.807, 2.05) is 0 Å². The van der Waals surface area contributed by atoms with Gasteiger partial charge in [0, 0.05) is 29.3 Å². The zero-order valence-corrected chi connectivity index (χ0v) is 12.7. The first-order valence-electron chi connectivity index (χ1n) is 6.80. The smallest absolute Gasteiger partial charge is 0.139 e. The fourth-order valence-electron chi connectivity index (χ4n) is 1.74. The molecule has 0 amide bonds. The Morgan fingerprint density at radius 1 is 1.16 bits per heavy atom. The van der Waals surface area contributed by atoms with Gasteiger partial charge in [0.15, 0.2) is 0 Å². The molecule has 1 atom stereocenters. The largest absolute Gasteiger partial charge is 0.313 e. The highest BCUT2D eigenvalue weighted by atomic mass is 32.2. The summed E-state index contributed by atoms with van der Waals surface area (Å²) in [5.41, 5.74) is 0. The lowest BCUT2D eigenvalue weighted by atomic mass is 10.0. The average molecular weight is 287 g/mol. The number of benzene rings is 1. The third kappa shape index (κ3) is 6.92. The van der Waals surface area contributed by atoms with Crippen molar-refractivity contribution < 1.29 is 8.78 Å². The third-order valence-corrected chi connectivity index (χ3v) is 3.97. The molecule has 0 bridgehead atoms. The molecule has 4 heteroatoms. The maximum atomic E-state index is 13.4. The van der Waals surface area contributed by atoms with Crippen molar-refractivity contribution in [2.24, 2.45) is 5.92 Å². The summed E-state index contributed by atoms with van der Waals surface area (Å²) in [5.74, 6) is 0.515. The van der Waals surface area contributed by atoms with Crippen molar-refractivity contribution in [3.8, 4) is 0 Å². The Morgan fingerprint density at radius 2 is 1.89 bits per heavy atom. The second-order valence-electron chi connectivity index (χ2n) is 5.25. The van der Waals surface area contributed by atoms with Crippen LogP contribution in [0.3, 0.4) is 0 Å². The van der Waals surface area contributed by atoms with Gasteiger partial charge in [0.05, 0.1) is 0 Å². The summed E-state index contributed by atoms with van der Waals surface area (Å²) in [5, 5.41) is 3.42. The molecule has 1 N–H and O–H groups in total. The maximum absolute atomic E-state index is 13.4. The van der Waals surface area contributed by atoms with Crippen LogP contribution in [0.4, 0.5) is 8.78 Å². The molecule has 1 rings (SSSR count). The molecule has 0 fully saturated rings. The van der Waals surface area contributed by atoms with Crippen LogP contribution in [0, 0.1) is 17.6 Å². The Morgan fingerprint density at radius 3 is 2.53 bits per heavy atom. The molecule has 1 nitrogen and oxygen atoms in total. The summed E-state index contributed by atoms with van der Waals surface area (Å²) in [6.07, 6.45) is 2.38. The van der Waals surface area contributed by atoms with Gasteiger partial charge in [-0.25, -0.2) is 8.78 Å². The molecule has 0 radical (unpaired) electrons. The summed E-state index contributed by atoms with van der Waals surface area (Å²) >= 11 is 1.42. The van der Waals surface area contributed by atoms with E-state index < -0.39 is 11.6 Å². The van der Waals surface area contributed by atoms with Crippen molar-refractivity contribution in [3.63, 3.8) is 0 Å². The third-order valence-electron chi connectivity index (χ3n) is 2.92. The monoisotopic (exact) mass is 287 g/mol. The Labute approximate surface area is 119 Å². The first-order valence-corrected chi connectivity index (χ1v) is 7.79. The molecule has 0 heterocycles. The lowest BCUT2D eigenvalue weighted by molar-refractivity contribution is 0.460. The van der Waals surface area contributed by atoms with Crippen molar-refractivity contribution in [1.82, 2.24) is 5.32 Å². The number of halogens is 2. The van der Waals surface area contributed by atoms with Crippen molar-refractivity contribution in [2.45, 2.75) is 44.6 Å². The Balaban J connectivity index is 2.20. The highest BCUT2D eigenvalue weighted by molar-refractivity contribution is 7.99. The predicted molar refractivity (Wildman–Crippen MR) is 78.6 cm³/mol. The van der Waals surface area contributed by atoms with Crippen LogP contribution in [0.1, 0.15) is 33.6 Å². The van der Waals surface area contributed by atoms with E-state index >= 15 is 0 Å². The van der Waals surface area contributed by atoms with E-state index in [-0.39, 0.29) is 0 Å². The molecule has 108 valence electrons. The minimum absolute atomic E-state index is 0.474. The van der Waals surface area contributed by atoms with Gasteiger partial charge < -0.3 is 5.32 Å². The molecule has 1 unspecified atom stereocenters. The lowest BCUT2D eigenvalue weighted by Gasteiger charge is -2.14. The van der Waals surface area contributed by atoms with Crippen LogP contribution in [0.25, 0.3) is 0 Å². The first-order chi connectivity index (χ1) is 8.99. The molecule has 1 aromatic rings. The van der Waals surface area contributed by atoms with Crippen molar-refractivity contribution in [3.05, 3.63) is 29.8 Å². The molecule has 1 aromatic carbocycles. The zero-order valence-electron chi connectivity index (χ0n) is 11.9. The molecule has 19 heavy (non-hydrogen) atoms. The van der Waals surface area contributed by atoms with Crippen LogP contribution in [0.2, 0.25) is 0 Å². The second kappa shape index (κ2) is 8.54. The Hall–Kier alpha value is -0.610. The van der Waals surface area contributed by atoms with Crippen molar-refractivity contribution >= 4 is 11.8 Å². The van der Waals surface area contributed by atoms with Crippen LogP contribution in [-0.2, 0) is 0 Å². The standard InChI is InChI=1S/C15H23F2NS/c1-11(2)4-5-12(3)18-8-9-19-15-7-6-13(16)10-14(15)17/h6-7,10-12,18H,4-5,8-9H2,1-3H3. The average Bonchev–Trinajstić information content (AvgIpc) is 2.34. The summed E-state index contributed by atoms with van der Waals surface area (Å²) < 4.78 is 26.1. The van der Waals surface area contributed by atoms with Crippen LogP contribution >= 0.6 is 11.8 Å². The van der Waals surface area contributed by atoms with Crippen molar-refractivity contribution in [2.75, 3.05) is 12.3 Å². The van der Waals surface area contributed by atoms with Gasteiger partial charge in [-0.3, -0.25) is 0 Å². The first kappa shape index (κ1) is 16.4. The summed E-state index contributed by atoms with van der Waals surface area (Å²) in [6.45, 7) is 7.45. The Bertz CT molecular complexity index is 382. The van der Waals surface area contributed by atoms with E-state index in [0.717, 1.165) is 30.7 Å². The van der Waals surface area contributed by atoms with E-state index in [0.29, 0.717) is 10.9 Å². The van der Waals surface area contributed by atoms with Crippen molar-refractivity contribution in [1.29, 1.82) is 0 Å². The highest BCUT2D eigenvalue weighted by Gasteiger charge is 2.05. The predicted octanol–water partition coefficient (Wildman–Crippen LogP) is 4.47. The SMILES string of the molecule is CC(C)CCC(C)NCCSc1ccc(F)cc1F. The Kier molecular flexibility index (Phi) is 7.39. The fourth-order valence-corrected chi connectivity index (χ4v) is 2.54. The summed E-state index contributed by atoms with van der Waals surface area (Å²) in [7, 11) is 0. The molecule has 0 aromatic heterocycles. The van der Waals surface area contributed by atoms with Gasteiger partial charge in [-0.05, 0) is 37.8 Å². The van der Waals surface area contributed by atoms with Gasteiger partial charge in [-0.15, -0.1) is 11.8 Å². The summed E-state index contributed by atoms with van der Waals surface area (Å²) in [6, 6.07) is 4.21. The molecule has 0 saturated carbocycles. The van der Waals surface area contributed by atoms with E-state index in [9.17, 15) is 8.78 Å². The van der Waals surface area contributed by atoms with Crippen LogP contribution in [0.5, 0.6) is 0 Å². The van der Waals surface area contributed by atoms with Crippen LogP contribution < -0.4 is 5.32 Å². The molecule has 0 aliphatic heterocycles. The molecular formula is C15H23F2NS.